The van der Waals surface area contributed by atoms with Gasteiger partial charge in [-0.15, -0.1) is 11.3 Å². The van der Waals surface area contributed by atoms with Gasteiger partial charge < -0.3 is 5.11 Å². The first kappa shape index (κ1) is 9.33. The number of hydrogen-bond acceptors (Lipinski definition) is 3. The lowest BCUT2D eigenvalue weighted by Gasteiger charge is -2.04. The van der Waals surface area contributed by atoms with Crippen molar-refractivity contribution in [1.29, 1.82) is 0 Å². The van der Waals surface area contributed by atoms with Crippen LogP contribution in [0.3, 0.4) is 0 Å². The number of nitrogens with zero attached hydrogens (tertiary/aromatic N) is 1. The lowest BCUT2D eigenvalue weighted by Crippen LogP contribution is -2.01. The number of rotatable bonds is 3. The molecule has 0 radical (unpaired) electrons. The molecule has 1 saturated carbocycles. The maximum atomic E-state index is 10.7. The standard InChI is InChI=1S/C11H13NO2S/c13-9(14)5-7-3-4-8-10(7)15-11(12-8)6-1-2-6/h6-7H,1-5H2,(H,13,14). The smallest absolute Gasteiger partial charge is 0.303 e. The van der Waals surface area contributed by atoms with Crippen molar-refractivity contribution in [3.63, 3.8) is 0 Å². The van der Waals surface area contributed by atoms with Crippen LogP contribution in [0.4, 0.5) is 0 Å². The quantitative estimate of drug-likeness (QED) is 0.856. The van der Waals surface area contributed by atoms with Gasteiger partial charge in [-0.3, -0.25) is 4.79 Å². The van der Waals surface area contributed by atoms with Crippen LogP contribution >= 0.6 is 11.3 Å². The first-order valence-corrected chi connectivity index (χ1v) is 6.27. The predicted octanol–water partition coefficient (Wildman–Crippen LogP) is 2.53. The summed E-state index contributed by atoms with van der Waals surface area (Å²) < 4.78 is 0. The number of fused-ring (bicyclic) bond motifs is 1. The Hall–Kier alpha value is -0.900. The van der Waals surface area contributed by atoms with Gasteiger partial charge in [0.25, 0.3) is 0 Å². The van der Waals surface area contributed by atoms with Crippen molar-refractivity contribution < 1.29 is 9.90 Å². The summed E-state index contributed by atoms with van der Waals surface area (Å²) in [6, 6.07) is 0. The zero-order valence-corrected chi connectivity index (χ0v) is 9.22. The largest absolute Gasteiger partial charge is 0.481 e. The number of carboxylic acids is 1. The maximum absolute atomic E-state index is 10.7. The fourth-order valence-corrected chi connectivity index (χ4v) is 3.65. The number of aliphatic carboxylic acids is 1. The van der Waals surface area contributed by atoms with Crippen LogP contribution in [0, 0.1) is 0 Å². The second-order valence-electron chi connectivity index (χ2n) is 4.47. The van der Waals surface area contributed by atoms with E-state index in [4.69, 9.17) is 5.11 Å². The van der Waals surface area contributed by atoms with E-state index >= 15 is 0 Å². The Bertz CT molecular complexity index is 409. The Morgan fingerprint density at radius 1 is 1.47 bits per heavy atom. The molecule has 0 spiro atoms. The van der Waals surface area contributed by atoms with E-state index in [1.807, 2.05) is 0 Å². The van der Waals surface area contributed by atoms with Gasteiger partial charge in [-0.1, -0.05) is 0 Å². The lowest BCUT2D eigenvalue weighted by molar-refractivity contribution is -0.137. The summed E-state index contributed by atoms with van der Waals surface area (Å²) in [6.45, 7) is 0. The summed E-state index contributed by atoms with van der Waals surface area (Å²) in [5.74, 6) is 0.253. The molecular formula is C11H13NO2S. The van der Waals surface area contributed by atoms with Crippen LogP contribution in [0.5, 0.6) is 0 Å². The van der Waals surface area contributed by atoms with Crippen molar-refractivity contribution in [3.05, 3.63) is 15.6 Å². The van der Waals surface area contributed by atoms with Crippen molar-refractivity contribution in [2.75, 3.05) is 0 Å². The van der Waals surface area contributed by atoms with Gasteiger partial charge in [0.2, 0.25) is 0 Å². The summed E-state index contributed by atoms with van der Waals surface area (Å²) in [4.78, 5) is 16.6. The minimum atomic E-state index is -0.686. The predicted molar refractivity (Wildman–Crippen MR) is 57.4 cm³/mol. The number of aromatic nitrogens is 1. The normalized spacial score (nSPS) is 24.1. The molecule has 1 atom stereocenters. The van der Waals surface area contributed by atoms with Gasteiger partial charge in [0.1, 0.15) is 0 Å². The second-order valence-corrected chi connectivity index (χ2v) is 5.53. The Kier molecular flexibility index (Phi) is 2.06. The first-order chi connectivity index (χ1) is 7.24. The van der Waals surface area contributed by atoms with Crippen molar-refractivity contribution in [2.24, 2.45) is 0 Å². The van der Waals surface area contributed by atoms with Gasteiger partial charge in [-0.2, -0.15) is 0 Å². The van der Waals surface area contributed by atoms with Gasteiger partial charge >= 0.3 is 5.97 Å². The molecule has 1 unspecified atom stereocenters. The van der Waals surface area contributed by atoms with E-state index in [0.717, 1.165) is 12.8 Å². The molecule has 80 valence electrons. The van der Waals surface area contributed by atoms with Crippen LogP contribution < -0.4 is 0 Å². The highest BCUT2D eigenvalue weighted by molar-refractivity contribution is 7.12. The Labute approximate surface area is 92.2 Å². The molecule has 1 aromatic heterocycles. The fourth-order valence-electron chi connectivity index (χ4n) is 2.23. The SMILES string of the molecule is O=C(O)CC1CCc2nc(C3CC3)sc21. The van der Waals surface area contributed by atoms with Crippen molar-refractivity contribution in [3.8, 4) is 0 Å². The van der Waals surface area contributed by atoms with E-state index in [-0.39, 0.29) is 12.3 Å². The van der Waals surface area contributed by atoms with Gasteiger partial charge in [0.05, 0.1) is 17.1 Å². The summed E-state index contributed by atoms with van der Waals surface area (Å²) in [5.41, 5.74) is 1.19. The molecule has 1 aromatic rings. The fraction of sp³-hybridized carbons (Fsp3) is 0.636. The molecule has 0 saturated heterocycles. The Morgan fingerprint density at radius 2 is 2.27 bits per heavy atom. The number of hydrogen-bond donors (Lipinski definition) is 1. The number of carboxylic acid groups (broad SMARTS) is 1. The zero-order valence-electron chi connectivity index (χ0n) is 8.40. The van der Waals surface area contributed by atoms with E-state index < -0.39 is 5.97 Å². The highest BCUT2D eigenvalue weighted by Gasteiger charge is 2.33. The summed E-state index contributed by atoms with van der Waals surface area (Å²) in [7, 11) is 0. The molecule has 15 heavy (non-hydrogen) atoms. The second kappa shape index (κ2) is 3.30. The first-order valence-electron chi connectivity index (χ1n) is 5.45. The van der Waals surface area contributed by atoms with Crippen molar-refractivity contribution in [2.45, 2.75) is 43.9 Å². The van der Waals surface area contributed by atoms with E-state index in [0.29, 0.717) is 5.92 Å². The van der Waals surface area contributed by atoms with E-state index in [1.165, 1.54) is 28.4 Å². The molecule has 0 bridgehead atoms. The lowest BCUT2D eigenvalue weighted by atomic mass is 10.1. The third-order valence-corrected chi connectivity index (χ3v) is 4.61. The van der Waals surface area contributed by atoms with Crippen molar-refractivity contribution in [1.82, 2.24) is 4.98 Å². The van der Waals surface area contributed by atoms with Crippen LogP contribution in [0.1, 0.15) is 53.1 Å². The van der Waals surface area contributed by atoms with Crippen LogP contribution in [0.15, 0.2) is 0 Å². The third-order valence-electron chi connectivity index (χ3n) is 3.19. The average molecular weight is 223 g/mol. The monoisotopic (exact) mass is 223 g/mol. The molecule has 0 aliphatic heterocycles. The van der Waals surface area contributed by atoms with Crippen LogP contribution in [0.25, 0.3) is 0 Å². The molecule has 3 nitrogen and oxygen atoms in total. The van der Waals surface area contributed by atoms with E-state index in [1.54, 1.807) is 11.3 Å². The Morgan fingerprint density at radius 3 is 2.93 bits per heavy atom. The van der Waals surface area contributed by atoms with Gasteiger partial charge in [-0.05, 0) is 25.7 Å². The van der Waals surface area contributed by atoms with Gasteiger partial charge in [0, 0.05) is 16.7 Å². The highest BCUT2D eigenvalue weighted by Crippen LogP contribution is 2.47. The molecule has 0 aromatic carbocycles. The minimum Gasteiger partial charge on any atom is -0.481 e. The number of carbonyl (C=O) groups is 1. The maximum Gasteiger partial charge on any atom is 0.303 e. The summed E-state index contributed by atoms with van der Waals surface area (Å²) in [5, 5.41) is 10.1. The van der Waals surface area contributed by atoms with E-state index in [9.17, 15) is 4.79 Å². The Balaban J connectivity index is 1.84. The molecule has 0 amide bonds. The molecule has 1 heterocycles. The third kappa shape index (κ3) is 1.67. The average Bonchev–Trinajstić information content (AvgIpc) is 2.84. The van der Waals surface area contributed by atoms with Gasteiger partial charge in [-0.25, -0.2) is 4.98 Å². The van der Waals surface area contributed by atoms with Crippen LogP contribution in [0.2, 0.25) is 0 Å². The molecule has 3 rings (SSSR count). The van der Waals surface area contributed by atoms with Crippen molar-refractivity contribution >= 4 is 17.3 Å². The van der Waals surface area contributed by atoms with E-state index in [2.05, 4.69) is 4.98 Å². The highest BCUT2D eigenvalue weighted by atomic mass is 32.1. The number of aryl methyl sites for hydroxylation is 1. The van der Waals surface area contributed by atoms with Crippen LogP contribution in [-0.4, -0.2) is 16.1 Å². The minimum absolute atomic E-state index is 0.238. The summed E-state index contributed by atoms with van der Waals surface area (Å²) >= 11 is 1.77. The van der Waals surface area contributed by atoms with Crippen LogP contribution in [-0.2, 0) is 11.2 Å². The molecule has 2 aliphatic rings. The molecule has 1 fully saturated rings. The molecule has 4 heteroatoms. The number of thiazole rings is 1. The molecule has 1 N–H and O–H groups in total. The summed E-state index contributed by atoms with van der Waals surface area (Å²) in [6.07, 6.45) is 4.78. The molecule has 2 aliphatic carbocycles. The molecular weight excluding hydrogens is 210 g/mol. The van der Waals surface area contributed by atoms with Gasteiger partial charge in [0.15, 0.2) is 0 Å². The topological polar surface area (TPSA) is 50.2 Å². The zero-order chi connectivity index (χ0) is 10.4.